The molecule has 4 aromatic rings. The minimum absolute atomic E-state index is 0.268. The van der Waals surface area contributed by atoms with E-state index in [4.69, 9.17) is 14.6 Å². The largest absolute Gasteiger partial charge is 0.442 e. The van der Waals surface area contributed by atoms with Crippen molar-refractivity contribution < 1.29 is 14.3 Å². The number of nitrogens with zero attached hydrogens (tertiary/aromatic N) is 6. The SMILES string of the molecule is Cc1c(-c2cnn(C(=O)OC(C)(C)C)c2)c(=O)n2nc(-c3ccccc3)c(N3CCCCC3)c2n1COCC[Si](C)(C)C. The Morgan fingerprint density at radius 1 is 1.02 bits per heavy atom. The third-order valence-electron chi connectivity index (χ3n) is 7.65. The van der Waals surface area contributed by atoms with Crippen molar-refractivity contribution in [2.24, 2.45) is 0 Å². The van der Waals surface area contributed by atoms with Crippen LogP contribution in [0, 0.1) is 6.92 Å². The maximum atomic E-state index is 14.3. The summed E-state index contributed by atoms with van der Waals surface area (Å²) in [6.07, 6.45) is 5.84. The van der Waals surface area contributed by atoms with E-state index < -0.39 is 19.8 Å². The van der Waals surface area contributed by atoms with Crippen LogP contribution in [0.3, 0.4) is 0 Å². The van der Waals surface area contributed by atoms with Gasteiger partial charge in [-0.2, -0.15) is 19.4 Å². The van der Waals surface area contributed by atoms with Crippen molar-refractivity contribution in [3.63, 3.8) is 0 Å². The highest BCUT2D eigenvalue weighted by Crippen LogP contribution is 2.37. The first-order valence-corrected chi connectivity index (χ1v) is 18.9. The molecule has 1 aromatic carbocycles. The van der Waals surface area contributed by atoms with Gasteiger partial charge in [-0.25, -0.2) is 4.79 Å². The Morgan fingerprint density at radius 2 is 1.72 bits per heavy atom. The summed E-state index contributed by atoms with van der Waals surface area (Å²) in [6.45, 7) is 17.0. The lowest BCUT2D eigenvalue weighted by molar-refractivity contribution is 0.0514. The Labute approximate surface area is 254 Å². The van der Waals surface area contributed by atoms with Gasteiger partial charge in [-0.1, -0.05) is 50.0 Å². The second-order valence-corrected chi connectivity index (χ2v) is 19.2. The van der Waals surface area contributed by atoms with Gasteiger partial charge in [0.05, 0.1) is 11.8 Å². The van der Waals surface area contributed by atoms with Gasteiger partial charge in [-0.3, -0.25) is 4.79 Å². The molecule has 10 nitrogen and oxygen atoms in total. The zero-order chi connectivity index (χ0) is 30.9. The lowest BCUT2D eigenvalue weighted by Gasteiger charge is -2.29. The van der Waals surface area contributed by atoms with E-state index in [-0.39, 0.29) is 12.3 Å². The van der Waals surface area contributed by atoms with Crippen LogP contribution in [-0.4, -0.2) is 63.4 Å². The van der Waals surface area contributed by atoms with Crippen LogP contribution in [0.25, 0.3) is 28.0 Å². The topological polar surface area (TPSA) is 95.9 Å². The van der Waals surface area contributed by atoms with Gasteiger partial charge in [-0.15, -0.1) is 0 Å². The minimum Gasteiger partial charge on any atom is -0.442 e. The predicted molar refractivity (Wildman–Crippen MR) is 173 cm³/mol. The summed E-state index contributed by atoms with van der Waals surface area (Å²) in [5.41, 5.74) is 4.13. The molecule has 1 fully saturated rings. The molecule has 0 atom stereocenters. The zero-order valence-electron chi connectivity index (χ0n) is 26.5. The first kappa shape index (κ1) is 30.7. The van der Waals surface area contributed by atoms with Gasteiger partial charge >= 0.3 is 6.09 Å². The van der Waals surface area contributed by atoms with Crippen molar-refractivity contribution in [3.8, 4) is 22.4 Å². The van der Waals surface area contributed by atoms with Gasteiger partial charge < -0.3 is 18.9 Å². The van der Waals surface area contributed by atoms with Crippen molar-refractivity contribution in [1.29, 1.82) is 0 Å². The average Bonchev–Trinajstić information content (AvgIpc) is 3.58. The molecule has 230 valence electrons. The van der Waals surface area contributed by atoms with Crippen LogP contribution in [0.1, 0.15) is 45.7 Å². The molecule has 0 aliphatic carbocycles. The summed E-state index contributed by atoms with van der Waals surface area (Å²) >= 11 is 0. The van der Waals surface area contributed by atoms with Gasteiger partial charge in [0.1, 0.15) is 23.7 Å². The normalized spacial score (nSPS) is 14.4. The fraction of sp³-hybridized carbons (Fsp3) is 0.500. The van der Waals surface area contributed by atoms with E-state index in [0.29, 0.717) is 17.7 Å². The van der Waals surface area contributed by atoms with Gasteiger partial charge in [-0.05, 0) is 53.0 Å². The van der Waals surface area contributed by atoms with E-state index in [9.17, 15) is 9.59 Å². The van der Waals surface area contributed by atoms with Crippen LogP contribution in [0.15, 0.2) is 47.5 Å². The number of piperidine rings is 1. The third-order valence-corrected chi connectivity index (χ3v) is 9.36. The molecule has 0 spiro atoms. The molecule has 0 radical (unpaired) electrons. The molecule has 4 heterocycles. The molecule has 5 rings (SSSR count). The Bertz CT molecular complexity index is 1650. The summed E-state index contributed by atoms with van der Waals surface area (Å²) in [6, 6.07) is 11.1. The molecule has 0 saturated carbocycles. The van der Waals surface area contributed by atoms with Crippen LogP contribution >= 0.6 is 0 Å². The van der Waals surface area contributed by atoms with E-state index in [2.05, 4.69) is 34.2 Å². The number of carbonyl (C=O) groups excluding carboxylic acids is 1. The van der Waals surface area contributed by atoms with Crippen LogP contribution in [0.4, 0.5) is 10.5 Å². The molecule has 0 N–H and O–H groups in total. The maximum absolute atomic E-state index is 14.3. The van der Waals surface area contributed by atoms with Crippen LogP contribution in [0.2, 0.25) is 25.7 Å². The number of hydrogen-bond donors (Lipinski definition) is 0. The summed E-state index contributed by atoms with van der Waals surface area (Å²) < 4.78 is 16.5. The molecule has 0 unspecified atom stereocenters. The Kier molecular flexibility index (Phi) is 8.67. The highest BCUT2D eigenvalue weighted by molar-refractivity contribution is 6.76. The fourth-order valence-electron chi connectivity index (χ4n) is 5.42. The minimum atomic E-state index is -1.30. The van der Waals surface area contributed by atoms with Crippen LogP contribution in [-0.2, 0) is 16.2 Å². The Hall–Kier alpha value is -3.70. The number of fused-ring (bicyclic) bond motifs is 1. The van der Waals surface area contributed by atoms with Crippen molar-refractivity contribution in [2.45, 2.75) is 85.0 Å². The van der Waals surface area contributed by atoms with E-state index in [1.165, 1.54) is 17.1 Å². The van der Waals surface area contributed by atoms with Crippen LogP contribution < -0.4 is 10.5 Å². The molecule has 1 aliphatic rings. The van der Waals surface area contributed by atoms with Crippen molar-refractivity contribution >= 4 is 25.5 Å². The zero-order valence-corrected chi connectivity index (χ0v) is 27.5. The molecular formula is C32H44N6O4Si. The molecule has 3 aromatic heterocycles. The molecule has 43 heavy (non-hydrogen) atoms. The highest BCUT2D eigenvalue weighted by atomic mass is 28.3. The van der Waals surface area contributed by atoms with E-state index >= 15 is 0 Å². The number of ether oxygens (including phenoxy) is 2. The molecule has 11 heteroatoms. The number of aromatic nitrogens is 5. The standard InChI is InChI=1S/C32H44N6O4Si/c1-23-26(25-20-33-37(21-25)31(40)42-32(2,3)4)30(39)38-29(36(23)22-41-18-19-43(5,6)7)28(35-16-12-9-13-17-35)27(34-38)24-14-10-8-11-15-24/h8,10-11,14-15,20-21H,9,12-13,16-19,22H2,1-7H3. The molecule has 0 amide bonds. The first-order valence-electron chi connectivity index (χ1n) is 15.2. The van der Waals surface area contributed by atoms with Crippen molar-refractivity contribution in [1.82, 2.24) is 24.0 Å². The smallest absolute Gasteiger partial charge is 0.435 e. The summed E-state index contributed by atoms with van der Waals surface area (Å²) in [5.74, 6) is 0. The van der Waals surface area contributed by atoms with Crippen molar-refractivity contribution in [2.75, 3.05) is 24.6 Å². The average molecular weight is 605 g/mol. The second kappa shape index (κ2) is 12.1. The molecule has 1 aliphatic heterocycles. The number of hydrogen-bond acceptors (Lipinski definition) is 7. The van der Waals surface area contributed by atoms with Gasteiger partial charge in [0.2, 0.25) is 0 Å². The van der Waals surface area contributed by atoms with Gasteiger partial charge in [0, 0.05) is 50.8 Å². The second-order valence-electron chi connectivity index (χ2n) is 13.5. The van der Waals surface area contributed by atoms with E-state index in [1.54, 1.807) is 27.0 Å². The van der Waals surface area contributed by atoms with Gasteiger partial charge in [0.25, 0.3) is 5.56 Å². The molecule has 1 saturated heterocycles. The summed E-state index contributed by atoms with van der Waals surface area (Å²) in [4.78, 5) is 29.4. The maximum Gasteiger partial charge on any atom is 0.435 e. The predicted octanol–water partition coefficient (Wildman–Crippen LogP) is 6.42. The quantitative estimate of drug-likeness (QED) is 0.169. The lowest BCUT2D eigenvalue weighted by atomic mass is 10.1. The van der Waals surface area contributed by atoms with Crippen LogP contribution in [0.5, 0.6) is 0 Å². The number of carbonyl (C=O) groups is 1. The molecule has 0 bridgehead atoms. The van der Waals surface area contributed by atoms with E-state index in [0.717, 1.165) is 64.9 Å². The first-order chi connectivity index (χ1) is 20.3. The lowest BCUT2D eigenvalue weighted by Crippen LogP contribution is -2.31. The highest BCUT2D eigenvalue weighted by Gasteiger charge is 2.29. The number of anilines is 1. The Balaban J connectivity index is 1.71. The number of rotatable bonds is 8. The van der Waals surface area contributed by atoms with Gasteiger partial charge in [0.15, 0.2) is 5.65 Å². The summed E-state index contributed by atoms with van der Waals surface area (Å²) in [5, 5.41) is 9.22. The number of benzene rings is 1. The molecular weight excluding hydrogens is 560 g/mol. The van der Waals surface area contributed by atoms with Crippen molar-refractivity contribution in [3.05, 3.63) is 58.8 Å². The van der Waals surface area contributed by atoms with E-state index in [1.807, 2.05) is 37.3 Å². The Morgan fingerprint density at radius 3 is 2.37 bits per heavy atom. The fourth-order valence-corrected chi connectivity index (χ4v) is 6.18. The third kappa shape index (κ3) is 6.78. The monoisotopic (exact) mass is 604 g/mol. The summed E-state index contributed by atoms with van der Waals surface area (Å²) in [7, 11) is -1.30.